The van der Waals surface area contributed by atoms with Gasteiger partial charge in [0, 0.05) is 5.25 Å². The molecule has 0 saturated carbocycles. The van der Waals surface area contributed by atoms with Gasteiger partial charge in [-0.25, -0.2) is 0 Å². The van der Waals surface area contributed by atoms with E-state index in [4.69, 9.17) is 5.11 Å². The van der Waals surface area contributed by atoms with Crippen LogP contribution in [0.1, 0.15) is 33.1 Å². The fourth-order valence-electron chi connectivity index (χ4n) is 1.02. The molecule has 1 atom stereocenters. The monoisotopic (exact) mass is 190 g/mol. The van der Waals surface area contributed by atoms with Gasteiger partial charge < -0.3 is 5.11 Å². The van der Waals surface area contributed by atoms with Gasteiger partial charge in [-0.1, -0.05) is 13.8 Å². The number of hydrogen-bond donors (Lipinski definition) is 1. The third-order valence-electron chi connectivity index (χ3n) is 1.80. The van der Waals surface area contributed by atoms with Crippen molar-refractivity contribution in [3.05, 3.63) is 0 Å². The van der Waals surface area contributed by atoms with Crippen molar-refractivity contribution in [1.29, 1.82) is 0 Å². The molecule has 12 heavy (non-hydrogen) atoms. The van der Waals surface area contributed by atoms with Crippen LogP contribution in [0.2, 0.25) is 0 Å². The topological polar surface area (TPSA) is 37.3 Å². The second kappa shape index (κ2) is 6.35. The number of thioether (sulfide) groups is 1. The first kappa shape index (κ1) is 11.8. The summed E-state index contributed by atoms with van der Waals surface area (Å²) >= 11 is 1.66. The molecule has 0 saturated heterocycles. The van der Waals surface area contributed by atoms with Crippen molar-refractivity contribution in [3.8, 4) is 0 Å². The Morgan fingerprint density at radius 3 is 2.33 bits per heavy atom. The van der Waals surface area contributed by atoms with E-state index >= 15 is 0 Å². The number of hydrogen-bond acceptors (Lipinski definition) is 2. The predicted octanol–water partition coefficient (Wildman–Crippen LogP) is 2.63. The largest absolute Gasteiger partial charge is 0.481 e. The maximum Gasteiger partial charge on any atom is 0.304 e. The molecular formula is C9H18O2S. The van der Waals surface area contributed by atoms with Crippen LogP contribution in [0.4, 0.5) is 0 Å². The van der Waals surface area contributed by atoms with Gasteiger partial charge in [0.1, 0.15) is 0 Å². The number of carboxylic acid groups (broad SMARTS) is 1. The molecule has 0 spiro atoms. The van der Waals surface area contributed by atoms with Crippen LogP contribution in [0.5, 0.6) is 0 Å². The summed E-state index contributed by atoms with van der Waals surface area (Å²) in [6.45, 7) is 4.33. The van der Waals surface area contributed by atoms with Gasteiger partial charge in [-0.05, 0) is 25.0 Å². The van der Waals surface area contributed by atoms with E-state index in [1.807, 2.05) is 6.26 Å². The average molecular weight is 190 g/mol. The lowest BCUT2D eigenvalue weighted by Crippen LogP contribution is -2.10. The van der Waals surface area contributed by atoms with E-state index in [1.54, 1.807) is 11.8 Å². The fraction of sp³-hybridized carbons (Fsp3) is 0.889. The van der Waals surface area contributed by atoms with Crippen LogP contribution in [0.3, 0.4) is 0 Å². The van der Waals surface area contributed by atoms with Gasteiger partial charge in [0.15, 0.2) is 0 Å². The van der Waals surface area contributed by atoms with Crippen LogP contribution in [0, 0.1) is 5.92 Å². The molecule has 72 valence electrons. The summed E-state index contributed by atoms with van der Waals surface area (Å²) in [5.41, 5.74) is 0. The van der Waals surface area contributed by atoms with Crippen LogP contribution < -0.4 is 0 Å². The summed E-state index contributed by atoms with van der Waals surface area (Å²) in [4.78, 5) is 10.4. The molecule has 0 fully saturated rings. The van der Waals surface area contributed by atoms with Gasteiger partial charge in [0.25, 0.3) is 0 Å². The summed E-state index contributed by atoms with van der Waals surface area (Å²) in [5, 5.41) is 8.86. The molecular weight excluding hydrogens is 172 g/mol. The van der Waals surface area contributed by atoms with E-state index in [0.717, 1.165) is 12.8 Å². The molecule has 0 radical (unpaired) electrons. The van der Waals surface area contributed by atoms with Crippen molar-refractivity contribution < 1.29 is 9.90 Å². The Bertz CT molecular complexity index is 134. The summed E-state index contributed by atoms with van der Waals surface area (Å²) in [5.74, 6) is -0.00782. The molecule has 0 aliphatic heterocycles. The van der Waals surface area contributed by atoms with E-state index in [1.165, 1.54) is 0 Å². The molecule has 0 aromatic rings. The van der Waals surface area contributed by atoms with E-state index in [-0.39, 0.29) is 0 Å². The molecule has 1 unspecified atom stereocenters. The number of aliphatic carboxylic acids is 1. The lowest BCUT2D eigenvalue weighted by atomic mass is 10.1. The van der Waals surface area contributed by atoms with Gasteiger partial charge in [-0.2, -0.15) is 11.8 Å². The molecule has 0 rings (SSSR count). The van der Waals surface area contributed by atoms with Crippen LogP contribution in [-0.2, 0) is 4.79 Å². The molecule has 0 bridgehead atoms. The van der Waals surface area contributed by atoms with Crippen molar-refractivity contribution in [2.75, 3.05) is 6.26 Å². The van der Waals surface area contributed by atoms with Crippen molar-refractivity contribution in [2.24, 2.45) is 5.92 Å². The van der Waals surface area contributed by atoms with Crippen LogP contribution in [0.15, 0.2) is 0 Å². The molecule has 0 amide bonds. The highest BCUT2D eigenvalue weighted by Crippen LogP contribution is 2.19. The quantitative estimate of drug-likeness (QED) is 0.699. The third kappa shape index (κ3) is 6.53. The van der Waals surface area contributed by atoms with Crippen molar-refractivity contribution in [1.82, 2.24) is 0 Å². The summed E-state index contributed by atoms with van der Waals surface area (Å²) in [6.07, 6.45) is 4.42. The molecule has 0 aromatic heterocycles. The zero-order valence-corrected chi connectivity index (χ0v) is 8.86. The highest BCUT2D eigenvalue weighted by molar-refractivity contribution is 7.99. The maximum atomic E-state index is 10.4. The minimum absolute atomic E-state index is 0.296. The molecule has 2 nitrogen and oxygen atoms in total. The zero-order chi connectivity index (χ0) is 9.56. The van der Waals surface area contributed by atoms with Gasteiger partial charge >= 0.3 is 5.97 Å². The lowest BCUT2D eigenvalue weighted by molar-refractivity contribution is -0.137. The summed E-state index contributed by atoms with van der Waals surface area (Å²) in [6, 6.07) is 0. The first-order valence-electron chi connectivity index (χ1n) is 4.30. The third-order valence-corrected chi connectivity index (χ3v) is 2.87. The van der Waals surface area contributed by atoms with Crippen LogP contribution >= 0.6 is 11.8 Å². The summed E-state index contributed by atoms with van der Waals surface area (Å²) in [7, 11) is 0. The lowest BCUT2D eigenvalue weighted by Gasteiger charge is -2.12. The highest BCUT2D eigenvalue weighted by Gasteiger charge is 2.11. The second-order valence-corrected chi connectivity index (χ2v) is 4.56. The minimum atomic E-state index is -0.682. The minimum Gasteiger partial charge on any atom is -0.481 e. The number of carboxylic acids is 1. The molecule has 3 heteroatoms. The first-order valence-corrected chi connectivity index (χ1v) is 5.59. The first-order chi connectivity index (χ1) is 5.56. The smallest absolute Gasteiger partial charge is 0.304 e. The Hall–Kier alpha value is -0.180. The Kier molecular flexibility index (Phi) is 6.25. The van der Waals surface area contributed by atoms with E-state index in [2.05, 4.69) is 13.8 Å². The standard InChI is InChI=1S/C9H18O2S/c1-7(2)4-5-8(12-3)6-9(10)11/h7-8H,4-6H2,1-3H3,(H,10,11). The highest BCUT2D eigenvalue weighted by atomic mass is 32.2. The average Bonchev–Trinajstić information content (AvgIpc) is 1.97. The molecule has 1 N–H and O–H groups in total. The SMILES string of the molecule is CSC(CCC(C)C)CC(=O)O. The Morgan fingerprint density at radius 2 is 2.00 bits per heavy atom. The van der Waals surface area contributed by atoms with E-state index in [9.17, 15) is 4.79 Å². The number of rotatable bonds is 6. The van der Waals surface area contributed by atoms with Gasteiger partial charge in [-0.15, -0.1) is 0 Å². The fourth-order valence-corrected chi connectivity index (χ4v) is 1.70. The van der Waals surface area contributed by atoms with Gasteiger partial charge in [0.05, 0.1) is 6.42 Å². The van der Waals surface area contributed by atoms with Crippen molar-refractivity contribution in [2.45, 2.75) is 38.4 Å². The molecule has 0 aliphatic rings. The predicted molar refractivity (Wildman–Crippen MR) is 53.6 cm³/mol. The zero-order valence-electron chi connectivity index (χ0n) is 8.04. The van der Waals surface area contributed by atoms with Gasteiger partial charge in [-0.3, -0.25) is 4.79 Å². The molecule has 0 aliphatic carbocycles. The Morgan fingerprint density at radius 1 is 1.42 bits per heavy atom. The Labute approximate surface area is 78.7 Å². The van der Waals surface area contributed by atoms with Crippen LogP contribution in [0.25, 0.3) is 0 Å². The van der Waals surface area contributed by atoms with Gasteiger partial charge in [0.2, 0.25) is 0 Å². The maximum absolute atomic E-state index is 10.4. The second-order valence-electron chi connectivity index (χ2n) is 3.43. The normalized spacial score (nSPS) is 13.3. The van der Waals surface area contributed by atoms with Crippen molar-refractivity contribution in [3.63, 3.8) is 0 Å². The van der Waals surface area contributed by atoms with Crippen LogP contribution in [-0.4, -0.2) is 22.6 Å². The molecule has 0 aromatic carbocycles. The number of carbonyl (C=O) groups is 1. The van der Waals surface area contributed by atoms with E-state index < -0.39 is 5.97 Å². The van der Waals surface area contributed by atoms with E-state index in [0.29, 0.717) is 17.6 Å². The molecule has 0 heterocycles. The summed E-state index contributed by atoms with van der Waals surface area (Å²) < 4.78 is 0. The van der Waals surface area contributed by atoms with Crippen molar-refractivity contribution >= 4 is 17.7 Å². The Balaban J connectivity index is 3.60.